The Morgan fingerprint density at radius 3 is 2.71 bits per heavy atom. The van der Waals surface area contributed by atoms with Crippen molar-refractivity contribution in [3.05, 3.63) is 0 Å². The van der Waals surface area contributed by atoms with Crippen molar-refractivity contribution in [1.29, 1.82) is 0 Å². The van der Waals surface area contributed by atoms with Gasteiger partial charge in [0.1, 0.15) is 0 Å². The molecule has 2 fully saturated rings. The van der Waals surface area contributed by atoms with Gasteiger partial charge in [-0.1, -0.05) is 0 Å². The van der Waals surface area contributed by atoms with Crippen LogP contribution < -0.4 is 5.32 Å². The van der Waals surface area contributed by atoms with Crippen molar-refractivity contribution in [1.82, 2.24) is 5.32 Å². The number of hydrogen-bond acceptors (Lipinski definition) is 4. The molecular formula is C13H25NO3. The number of ether oxygens (including phenoxy) is 1. The van der Waals surface area contributed by atoms with Gasteiger partial charge < -0.3 is 20.3 Å². The van der Waals surface area contributed by atoms with E-state index in [1.807, 2.05) is 0 Å². The first-order valence-corrected chi connectivity index (χ1v) is 6.81. The lowest BCUT2D eigenvalue weighted by Crippen LogP contribution is -2.34. The van der Waals surface area contributed by atoms with Gasteiger partial charge in [-0.25, -0.2) is 0 Å². The van der Waals surface area contributed by atoms with Crippen LogP contribution in [0.5, 0.6) is 0 Å². The third kappa shape index (κ3) is 4.92. The first kappa shape index (κ1) is 13.3. The van der Waals surface area contributed by atoms with E-state index in [1.54, 1.807) is 0 Å². The van der Waals surface area contributed by atoms with Crippen LogP contribution in [0, 0.1) is 11.3 Å². The predicted octanol–water partition coefficient (Wildman–Crippen LogP) is 0.526. The van der Waals surface area contributed by atoms with Crippen LogP contribution in [0.3, 0.4) is 0 Å². The lowest BCUT2D eigenvalue weighted by atomic mass is 10.0. The van der Waals surface area contributed by atoms with Crippen molar-refractivity contribution >= 4 is 0 Å². The lowest BCUT2D eigenvalue weighted by Gasteiger charge is -2.17. The molecule has 2 aliphatic carbocycles. The molecule has 4 nitrogen and oxygen atoms in total. The molecular weight excluding hydrogens is 218 g/mol. The normalized spacial score (nSPS) is 23.6. The Morgan fingerprint density at radius 1 is 1.35 bits per heavy atom. The summed E-state index contributed by atoms with van der Waals surface area (Å²) < 4.78 is 5.44. The second-order valence-corrected chi connectivity index (χ2v) is 5.74. The van der Waals surface area contributed by atoms with Crippen molar-refractivity contribution in [2.45, 2.75) is 38.2 Å². The molecule has 100 valence electrons. The van der Waals surface area contributed by atoms with Crippen LogP contribution in [0.25, 0.3) is 0 Å². The molecule has 2 aliphatic rings. The van der Waals surface area contributed by atoms with E-state index in [0.717, 1.165) is 25.5 Å². The zero-order valence-electron chi connectivity index (χ0n) is 10.5. The Labute approximate surface area is 103 Å². The van der Waals surface area contributed by atoms with E-state index in [2.05, 4.69) is 5.32 Å². The quantitative estimate of drug-likeness (QED) is 0.524. The Morgan fingerprint density at radius 2 is 2.12 bits per heavy atom. The minimum absolute atomic E-state index is 0.273. The van der Waals surface area contributed by atoms with Crippen LogP contribution >= 0.6 is 0 Å². The summed E-state index contributed by atoms with van der Waals surface area (Å²) in [4.78, 5) is 0. The molecule has 2 saturated carbocycles. The summed E-state index contributed by atoms with van der Waals surface area (Å²) >= 11 is 0. The number of hydrogen-bond donors (Lipinski definition) is 3. The lowest BCUT2D eigenvalue weighted by molar-refractivity contribution is 0.0319. The standard InChI is InChI=1S/C13H25NO3/c15-6-5-13(3-4-13)10-14-7-12(16)9-17-8-11-1-2-11/h11-12,14-16H,1-10H2. The van der Waals surface area contributed by atoms with Crippen molar-refractivity contribution in [3.63, 3.8) is 0 Å². The van der Waals surface area contributed by atoms with Crippen molar-refractivity contribution < 1.29 is 14.9 Å². The van der Waals surface area contributed by atoms with E-state index in [9.17, 15) is 5.11 Å². The molecule has 1 atom stereocenters. The van der Waals surface area contributed by atoms with Crippen LogP contribution in [0.15, 0.2) is 0 Å². The summed E-state index contributed by atoms with van der Waals surface area (Å²) in [6.45, 7) is 3.03. The highest BCUT2D eigenvalue weighted by Crippen LogP contribution is 2.47. The largest absolute Gasteiger partial charge is 0.396 e. The number of rotatable bonds is 10. The smallest absolute Gasteiger partial charge is 0.0897 e. The first-order chi connectivity index (χ1) is 8.24. The Bertz CT molecular complexity index is 227. The molecule has 0 bridgehead atoms. The summed E-state index contributed by atoms with van der Waals surface area (Å²) in [5.41, 5.74) is 0.323. The molecule has 0 radical (unpaired) electrons. The summed E-state index contributed by atoms with van der Waals surface area (Å²) in [7, 11) is 0. The molecule has 0 heterocycles. The maximum absolute atomic E-state index is 9.69. The van der Waals surface area contributed by atoms with E-state index in [-0.39, 0.29) is 6.61 Å². The maximum Gasteiger partial charge on any atom is 0.0897 e. The molecule has 0 amide bonds. The van der Waals surface area contributed by atoms with Crippen molar-refractivity contribution in [3.8, 4) is 0 Å². The third-order valence-electron chi connectivity index (χ3n) is 3.84. The van der Waals surface area contributed by atoms with Gasteiger partial charge in [-0.05, 0) is 43.4 Å². The molecule has 0 aromatic heterocycles. The van der Waals surface area contributed by atoms with E-state index in [4.69, 9.17) is 9.84 Å². The van der Waals surface area contributed by atoms with Crippen LogP contribution in [0.2, 0.25) is 0 Å². The zero-order chi connectivity index (χ0) is 12.1. The first-order valence-electron chi connectivity index (χ1n) is 6.81. The van der Waals surface area contributed by atoms with Gasteiger partial charge >= 0.3 is 0 Å². The molecule has 0 aromatic carbocycles. The molecule has 0 aliphatic heterocycles. The van der Waals surface area contributed by atoms with Gasteiger partial charge in [0.15, 0.2) is 0 Å². The summed E-state index contributed by atoms with van der Waals surface area (Å²) in [6, 6.07) is 0. The fourth-order valence-corrected chi connectivity index (χ4v) is 2.15. The fourth-order valence-electron chi connectivity index (χ4n) is 2.15. The highest BCUT2D eigenvalue weighted by atomic mass is 16.5. The predicted molar refractivity (Wildman–Crippen MR) is 65.8 cm³/mol. The van der Waals surface area contributed by atoms with Gasteiger partial charge in [0.25, 0.3) is 0 Å². The summed E-state index contributed by atoms with van der Waals surface area (Å²) in [5.74, 6) is 0.759. The van der Waals surface area contributed by atoms with Gasteiger partial charge in [0, 0.05) is 26.3 Å². The molecule has 0 saturated heterocycles. The van der Waals surface area contributed by atoms with Gasteiger partial charge in [0.05, 0.1) is 12.7 Å². The highest BCUT2D eigenvalue weighted by Gasteiger charge is 2.41. The fraction of sp³-hybridized carbons (Fsp3) is 1.00. The van der Waals surface area contributed by atoms with Crippen LogP contribution in [0.1, 0.15) is 32.1 Å². The van der Waals surface area contributed by atoms with Crippen molar-refractivity contribution in [2.24, 2.45) is 11.3 Å². The highest BCUT2D eigenvalue weighted by molar-refractivity contribution is 4.94. The Balaban J connectivity index is 1.46. The van der Waals surface area contributed by atoms with Gasteiger partial charge in [-0.3, -0.25) is 0 Å². The SMILES string of the molecule is OCCC1(CNCC(O)COCC2CC2)CC1. The topological polar surface area (TPSA) is 61.7 Å². The minimum atomic E-state index is -0.404. The molecule has 3 N–H and O–H groups in total. The van der Waals surface area contributed by atoms with E-state index < -0.39 is 6.10 Å². The summed E-state index contributed by atoms with van der Waals surface area (Å²) in [6.07, 6.45) is 5.47. The van der Waals surface area contributed by atoms with Crippen molar-refractivity contribution in [2.75, 3.05) is 32.9 Å². The monoisotopic (exact) mass is 243 g/mol. The van der Waals surface area contributed by atoms with Gasteiger partial charge in [-0.15, -0.1) is 0 Å². The molecule has 4 heteroatoms. The van der Waals surface area contributed by atoms with E-state index in [0.29, 0.717) is 18.6 Å². The van der Waals surface area contributed by atoms with Crippen LogP contribution in [-0.2, 0) is 4.74 Å². The van der Waals surface area contributed by atoms with E-state index >= 15 is 0 Å². The molecule has 0 aromatic rings. The average molecular weight is 243 g/mol. The maximum atomic E-state index is 9.69. The number of aliphatic hydroxyl groups excluding tert-OH is 2. The molecule has 2 rings (SSSR count). The van der Waals surface area contributed by atoms with Gasteiger partial charge in [-0.2, -0.15) is 0 Å². The summed E-state index contributed by atoms with van der Waals surface area (Å²) in [5, 5.41) is 21.9. The zero-order valence-corrected chi connectivity index (χ0v) is 10.5. The second kappa shape index (κ2) is 6.14. The van der Waals surface area contributed by atoms with Crippen LogP contribution in [-0.4, -0.2) is 49.2 Å². The second-order valence-electron chi connectivity index (χ2n) is 5.74. The number of nitrogens with one attached hydrogen (secondary N) is 1. The molecule has 17 heavy (non-hydrogen) atoms. The minimum Gasteiger partial charge on any atom is -0.396 e. The molecule has 0 spiro atoms. The number of aliphatic hydroxyl groups is 2. The molecule has 1 unspecified atom stereocenters. The third-order valence-corrected chi connectivity index (χ3v) is 3.84. The Hall–Kier alpha value is -0.160. The average Bonchev–Trinajstić information content (AvgIpc) is 3.16. The van der Waals surface area contributed by atoms with Crippen LogP contribution in [0.4, 0.5) is 0 Å². The van der Waals surface area contributed by atoms with Gasteiger partial charge in [0.2, 0.25) is 0 Å². The Kier molecular flexibility index (Phi) is 4.79. The van der Waals surface area contributed by atoms with E-state index in [1.165, 1.54) is 25.7 Å².